The first-order valence-corrected chi connectivity index (χ1v) is 36.2. The molecule has 0 bridgehead atoms. The van der Waals surface area contributed by atoms with Crippen LogP contribution in [-0.4, -0.2) is 271 Å². The molecule has 39 nitrogen and oxygen atoms in total. The van der Waals surface area contributed by atoms with E-state index >= 15 is 0 Å². The molecule has 0 spiro atoms. The molecule has 23 N–H and O–H groups in total. The number of primary amides is 1. The molecule has 0 radical (unpaired) electrons. The van der Waals surface area contributed by atoms with E-state index < -0.39 is 241 Å². The number of hydrogen-bond acceptors (Lipinski definition) is 24. The summed E-state index contributed by atoms with van der Waals surface area (Å²) in [5, 5.41) is 64.8. The lowest BCUT2D eigenvalue weighted by Gasteiger charge is -2.31. The van der Waals surface area contributed by atoms with Crippen LogP contribution in [-0.2, 0) is 81.5 Å². The van der Waals surface area contributed by atoms with Gasteiger partial charge in [-0.3, -0.25) is 81.7 Å². The number of rotatable bonds is 48. The van der Waals surface area contributed by atoms with Crippen molar-refractivity contribution < 1.29 is 102 Å². The molecule has 0 aliphatic carbocycles. The number of amides is 14. The van der Waals surface area contributed by atoms with Crippen LogP contribution in [0.3, 0.4) is 0 Å². The summed E-state index contributed by atoms with van der Waals surface area (Å²) in [5.41, 5.74) is 22.0. The van der Waals surface area contributed by atoms with E-state index in [1.165, 1.54) is 4.90 Å². The number of carboxylic acids is 3. The van der Waals surface area contributed by atoms with Crippen LogP contribution in [0, 0.1) is 24.2 Å². The third-order valence-electron chi connectivity index (χ3n) is 16.5. The predicted octanol–water partition coefficient (Wildman–Crippen LogP) is -7.80. The van der Waals surface area contributed by atoms with E-state index in [1.54, 1.807) is 20.8 Å². The van der Waals surface area contributed by atoms with Crippen LogP contribution >= 0.6 is 50.5 Å². The number of aliphatic carboxylic acids is 3. The number of carboxylic acid groups (broad SMARTS) is 3. The van der Waals surface area contributed by atoms with E-state index in [4.69, 9.17) is 29.4 Å². The Morgan fingerprint density at radius 3 is 1.30 bits per heavy atom. The molecule has 14 amide bonds. The maximum absolute atomic E-state index is 14.5. The van der Waals surface area contributed by atoms with E-state index in [1.807, 2.05) is 10.6 Å². The summed E-state index contributed by atoms with van der Waals surface area (Å²) in [6, 6.07) is -20.1. The number of carbonyl (C=O) groups excluding carboxylic acids is 14. The largest absolute Gasteiger partial charge is 0.481 e. The Morgan fingerprint density at radius 2 is 0.876 bits per heavy atom. The molecule has 2 heterocycles. The van der Waals surface area contributed by atoms with Gasteiger partial charge in [-0.25, -0.2) is 4.79 Å². The van der Waals surface area contributed by atoms with Gasteiger partial charge in [-0.2, -0.15) is 50.5 Å². The van der Waals surface area contributed by atoms with Crippen molar-refractivity contribution in [2.24, 2.45) is 39.8 Å². The Hall–Kier alpha value is -8.86. The standard InChI is InChI=1S/C62H100N18O21S4/c1-5-31(4)23-45(83)68-39(27-103)59(98)79-21-9-13-42(79)56(95)71-32(11-6-7-19-63)52(91)78-48(30(2)3)58(97)76-40(28-104)60(99)80-22-10-14-43(80)57(96)72-33(12-8-20-67-62(65)66)49(88)69-35(16-18-47(86)87)51(90)75-38(26-102)55(94)70-34(15-17-46(84)85)50(89)74-37(25-81)54(93)73-36(24-44(64)82)53(92)77-41(29-105)61(100)101/h1,30-43,48,81,102-105H,6-29,63H2,2-4H3,(H2,64,82)(H,68,83)(H,69,88)(H,70,94)(H,71,95)(H,72,96)(H,73,93)(H,74,89)(H,75,90)(H,76,97)(H,77,92)(H,78,91)(H,84,85)(H,86,87)(H,100,101)(H4,65,66,67)/t31?,32-,33-,34-,35-,36-,37-,38-,39-,40-,41-,42-,43-,48-/m0/s1. The first-order chi connectivity index (χ1) is 49.5. The quantitative estimate of drug-likeness (QED) is 0.00884. The second kappa shape index (κ2) is 47.6. The number of likely N-dealkylation sites (tertiary alicyclic amines) is 2. The molecular formula is C62H100N18O21S4. The molecule has 2 aliphatic heterocycles. The number of aliphatic hydroxyl groups excluding tert-OH is 1. The lowest BCUT2D eigenvalue weighted by Crippen LogP contribution is -2.61. The summed E-state index contributed by atoms with van der Waals surface area (Å²) in [7, 11) is 0. The number of aliphatic imine (C=N–C) groups is 1. The maximum Gasteiger partial charge on any atom is 0.327 e. The number of nitrogens with two attached hydrogens (primary N) is 4. The number of aliphatic hydroxyl groups is 1. The number of nitrogens with one attached hydrogen (secondary N) is 11. The van der Waals surface area contributed by atoms with Gasteiger partial charge in [0.2, 0.25) is 82.7 Å². The second-order valence-electron chi connectivity index (χ2n) is 25.1. The zero-order valence-electron chi connectivity index (χ0n) is 58.4. The highest BCUT2D eigenvalue weighted by Gasteiger charge is 2.43. The van der Waals surface area contributed by atoms with Crippen LogP contribution in [0.4, 0.5) is 0 Å². The topological polar surface area (TPSA) is 626 Å². The fraction of sp³-hybridized carbons (Fsp3) is 0.677. The van der Waals surface area contributed by atoms with Gasteiger partial charge in [-0.05, 0) is 83.1 Å². The van der Waals surface area contributed by atoms with Crippen LogP contribution in [0.25, 0.3) is 0 Å². The molecule has 0 aromatic carbocycles. The molecule has 14 atom stereocenters. The lowest BCUT2D eigenvalue weighted by molar-refractivity contribution is -0.142. The number of thiol groups is 4. The van der Waals surface area contributed by atoms with Crippen molar-refractivity contribution in [3.63, 3.8) is 0 Å². The van der Waals surface area contributed by atoms with Gasteiger partial charge in [0, 0.05) is 67.8 Å². The average Bonchev–Trinajstić information content (AvgIpc) is 1.74. The Balaban J connectivity index is 2.40. The molecule has 0 aromatic heterocycles. The highest BCUT2D eigenvalue weighted by atomic mass is 32.1. The zero-order valence-corrected chi connectivity index (χ0v) is 62.0. The first-order valence-electron chi connectivity index (χ1n) is 33.7. The van der Waals surface area contributed by atoms with Crippen LogP contribution in [0.1, 0.15) is 117 Å². The minimum Gasteiger partial charge on any atom is -0.481 e. The number of carbonyl (C=O) groups is 17. The van der Waals surface area contributed by atoms with E-state index in [2.05, 4.69) is 109 Å². The Kier molecular flexibility index (Phi) is 41.8. The van der Waals surface area contributed by atoms with Gasteiger partial charge in [0.15, 0.2) is 5.96 Å². The van der Waals surface area contributed by atoms with Crippen molar-refractivity contribution >= 4 is 157 Å². The van der Waals surface area contributed by atoms with Crippen LogP contribution in [0.5, 0.6) is 0 Å². The van der Waals surface area contributed by atoms with Crippen LogP contribution in [0.15, 0.2) is 4.99 Å². The summed E-state index contributed by atoms with van der Waals surface area (Å²) in [5.74, 6) is -18.6. The highest BCUT2D eigenvalue weighted by Crippen LogP contribution is 2.22. The fourth-order valence-electron chi connectivity index (χ4n) is 10.8. The molecule has 2 aliphatic rings. The number of unbranched alkanes of at least 4 members (excludes halogenated alkanes) is 1. The number of guanidine groups is 1. The normalized spacial score (nSPS) is 17.3. The third-order valence-corrected chi connectivity index (χ3v) is 18.0. The van der Waals surface area contributed by atoms with Gasteiger partial charge in [-0.1, -0.05) is 20.8 Å². The summed E-state index contributed by atoms with van der Waals surface area (Å²) < 4.78 is 0. The predicted molar refractivity (Wildman–Crippen MR) is 389 cm³/mol. The van der Waals surface area contributed by atoms with Crippen molar-refractivity contribution in [1.29, 1.82) is 0 Å². The second-order valence-corrected chi connectivity index (χ2v) is 26.5. The lowest BCUT2D eigenvalue weighted by atomic mass is 10.0. The van der Waals surface area contributed by atoms with Gasteiger partial charge in [0.1, 0.15) is 78.5 Å². The Morgan fingerprint density at radius 1 is 0.486 bits per heavy atom. The van der Waals surface area contributed by atoms with Crippen molar-refractivity contribution in [2.75, 3.05) is 55.8 Å². The molecule has 588 valence electrons. The summed E-state index contributed by atoms with van der Waals surface area (Å²) in [6.07, 6.45) is 2.94. The molecule has 0 saturated carbocycles. The van der Waals surface area contributed by atoms with Crippen molar-refractivity contribution in [3.8, 4) is 12.3 Å². The Bertz CT molecular complexity index is 3160. The monoisotopic (exact) mass is 1560 g/mol. The van der Waals surface area contributed by atoms with Gasteiger partial charge in [0.25, 0.3) is 0 Å². The molecule has 2 saturated heterocycles. The van der Waals surface area contributed by atoms with Crippen molar-refractivity contribution in [1.82, 2.24) is 68.3 Å². The van der Waals surface area contributed by atoms with Crippen molar-refractivity contribution in [3.05, 3.63) is 0 Å². The Labute approximate surface area is 627 Å². The van der Waals surface area contributed by atoms with Crippen LogP contribution < -0.4 is 81.4 Å². The van der Waals surface area contributed by atoms with E-state index in [-0.39, 0.29) is 88.6 Å². The molecular weight excluding hydrogens is 1460 g/mol. The van der Waals surface area contributed by atoms with Gasteiger partial charge in [-0.15, -0.1) is 12.3 Å². The highest BCUT2D eigenvalue weighted by molar-refractivity contribution is 7.80. The van der Waals surface area contributed by atoms with E-state index in [9.17, 15) is 102 Å². The van der Waals surface area contributed by atoms with Crippen molar-refractivity contribution in [2.45, 2.75) is 196 Å². The smallest absolute Gasteiger partial charge is 0.327 e. The molecule has 105 heavy (non-hydrogen) atoms. The van der Waals surface area contributed by atoms with Gasteiger partial charge < -0.3 is 112 Å². The molecule has 43 heteroatoms. The third kappa shape index (κ3) is 31.8. The zero-order chi connectivity index (χ0) is 79.4. The fourth-order valence-corrected chi connectivity index (χ4v) is 11.8. The minimum atomic E-state index is -2.00. The molecule has 1 unspecified atom stereocenters. The summed E-state index contributed by atoms with van der Waals surface area (Å²) in [4.78, 5) is 233. The van der Waals surface area contributed by atoms with Crippen LogP contribution in [0.2, 0.25) is 0 Å². The minimum absolute atomic E-state index is 0.0156. The average molecular weight is 1560 g/mol. The van der Waals surface area contributed by atoms with E-state index in [0.717, 1.165) is 4.90 Å². The van der Waals surface area contributed by atoms with E-state index in [0.29, 0.717) is 19.3 Å². The maximum atomic E-state index is 14.5. The SMILES string of the molecule is C#CC(C)CC(=O)N[C@@H](CS)C(=O)N1CCC[C@H]1C(=O)N[C@@H](CCCCN)C(=O)N[C@H](C(=O)N[C@@H](CS)C(=O)N1CCC[C@H]1C(=O)N[C@@H](CCCN=C(N)N)C(=O)N[C@@H](CCC(=O)O)C(=O)N[C@@H](CS)C(=O)N[C@@H](CCC(=O)O)C(=O)N[C@@H](CO)C(=O)N[C@@H](CC(N)=O)C(=O)N[C@@H](CS)C(=O)O)C(C)C. The molecule has 2 rings (SSSR count). The number of hydrogen-bond donors (Lipinski definition) is 23. The first kappa shape index (κ1) is 92.2. The summed E-state index contributed by atoms with van der Waals surface area (Å²) >= 11 is 16.6. The summed E-state index contributed by atoms with van der Waals surface area (Å²) in [6.45, 7) is 3.91. The molecule has 2 fully saturated rings. The number of terminal acetylenes is 1. The number of nitrogens with zero attached hydrogens (tertiary/aromatic N) is 3. The molecule has 0 aromatic rings. The van der Waals surface area contributed by atoms with Gasteiger partial charge in [0.05, 0.1) is 13.0 Å². The van der Waals surface area contributed by atoms with Gasteiger partial charge >= 0.3 is 17.9 Å².